The van der Waals surface area contributed by atoms with Crippen LogP contribution < -0.4 is 5.73 Å². The van der Waals surface area contributed by atoms with E-state index in [1.54, 1.807) is 0 Å². The first-order chi connectivity index (χ1) is 9.45. The Kier molecular flexibility index (Phi) is 4.70. The topological polar surface area (TPSA) is 60.9 Å². The Morgan fingerprint density at radius 3 is 2.75 bits per heavy atom. The standard InChI is InChI=1S/C14H17BrClN3O/c1-8(2)13(14(17)20)19-11-7-9(15)3-4-10(11)18-12(19)5-6-16/h3-4,7-8,13H,5-6H2,1-2H3,(H2,17,20). The Hall–Kier alpha value is -1.07. The summed E-state index contributed by atoms with van der Waals surface area (Å²) >= 11 is 9.31. The van der Waals surface area contributed by atoms with Crippen LogP contribution in [0.2, 0.25) is 0 Å². The van der Waals surface area contributed by atoms with Gasteiger partial charge in [-0.3, -0.25) is 4.79 Å². The number of imidazole rings is 1. The first-order valence-corrected chi connectivity index (χ1v) is 7.80. The van der Waals surface area contributed by atoms with Gasteiger partial charge in [-0.1, -0.05) is 29.8 Å². The van der Waals surface area contributed by atoms with Gasteiger partial charge in [0.2, 0.25) is 5.91 Å². The number of aromatic nitrogens is 2. The second kappa shape index (κ2) is 6.14. The lowest BCUT2D eigenvalue weighted by atomic mass is 10.0. The summed E-state index contributed by atoms with van der Waals surface area (Å²) < 4.78 is 2.87. The molecule has 1 unspecified atom stereocenters. The van der Waals surface area contributed by atoms with Gasteiger partial charge < -0.3 is 10.3 Å². The van der Waals surface area contributed by atoms with Gasteiger partial charge in [0, 0.05) is 16.8 Å². The van der Waals surface area contributed by atoms with E-state index in [9.17, 15) is 4.79 Å². The van der Waals surface area contributed by atoms with Crippen LogP contribution in [0.5, 0.6) is 0 Å². The molecule has 1 aromatic heterocycles. The summed E-state index contributed by atoms with van der Waals surface area (Å²) in [6.45, 7) is 3.95. The highest BCUT2D eigenvalue weighted by Crippen LogP contribution is 2.28. The molecule has 1 heterocycles. The molecule has 0 radical (unpaired) electrons. The van der Waals surface area contributed by atoms with Gasteiger partial charge in [-0.2, -0.15) is 0 Å². The van der Waals surface area contributed by atoms with Gasteiger partial charge in [0.25, 0.3) is 0 Å². The summed E-state index contributed by atoms with van der Waals surface area (Å²) in [6, 6.07) is 5.39. The summed E-state index contributed by atoms with van der Waals surface area (Å²) in [7, 11) is 0. The molecule has 0 aliphatic rings. The summed E-state index contributed by atoms with van der Waals surface area (Å²) in [6.07, 6.45) is 0.602. The van der Waals surface area contributed by atoms with Crippen LogP contribution in [0.1, 0.15) is 25.7 Å². The molecule has 4 nitrogen and oxygen atoms in total. The highest BCUT2D eigenvalue weighted by Gasteiger charge is 2.26. The molecule has 108 valence electrons. The van der Waals surface area contributed by atoms with E-state index in [4.69, 9.17) is 17.3 Å². The molecular weight excluding hydrogens is 342 g/mol. The van der Waals surface area contributed by atoms with Crippen molar-refractivity contribution in [3.63, 3.8) is 0 Å². The first kappa shape index (κ1) is 15.3. The van der Waals surface area contributed by atoms with Crippen molar-refractivity contribution in [1.82, 2.24) is 9.55 Å². The number of fused-ring (bicyclic) bond motifs is 1. The van der Waals surface area contributed by atoms with Gasteiger partial charge in [-0.25, -0.2) is 4.98 Å². The minimum absolute atomic E-state index is 0.0814. The number of alkyl halides is 1. The van der Waals surface area contributed by atoms with Gasteiger partial charge >= 0.3 is 0 Å². The third-order valence-electron chi connectivity index (χ3n) is 3.24. The number of hydrogen-bond acceptors (Lipinski definition) is 2. The summed E-state index contributed by atoms with van der Waals surface area (Å²) in [4.78, 5) is 16.4. The van der Waals surface area contributed by atoms with Crippen molar-refractivity contribution in [3.05, 3.63) is 28.5 Å². The fourth-order valence-corrected chi connectivity index (χ4v) is 2.96. The molecule has 2 rings (SSSR count). The molecule has 0 fully saturated rings. The lowest BCUT2D eigenvalue weighted by molar-refractivity contribution is -0.122. The first-order valence-electron chi connectivity index (χ1n) is 6.47. The molecule has 2 N–H and O–H groups in total. The molecule has 6 heteroatoms. The number of halogens is 2. The number of primary amides is 1. The van der Waals surface area contributed by atoms with Crippen molar-refractivity contribution in [2.45, 2.75) is 26.3 Å². The molecule has 1 amide bonds. The molecule has 1 aromatic carbocycles. The van der Waals surface area contributed by atoms with Crippen LogP contribution in [0.15, 0.2) is 22.7 Å². The van der Waals surface area contributed by atoms with Gasteiger partial charge in [0.05, 0.1) is 11.0 Å². The molecule has 0 saturated heterocycles. The van der Waals surface area contributed by atoms with Crippen molar-refractivity contribution < 1.29 is 4.79 Å². The molecule has 0 aliphatic carbocycles. The normalized spacial score (nSPS) is 13.1. The third kappa shape index (κ3) is 2.83. The second-order valence-electron chi connectivity index (χ2n) is 5.06. The van der Waals surface area contributed by atoms with E-state index in [0.717, 1.165) is 21.3 Å². The van der Waals surface area contributed by atoms with Crippen molar-refractivity contribution in [3.8, 4) is 0 Å². The number of benzene rings is 1. The van der Waals surface area contributed by atoms with Crippen molar-refractivity contribution in [2.24, 2.45) is 11.7 Å². The molecule has 0 spiro atoms. The highest BCUT2D eigenvalue weighted by atomic mass is 79.9. The number of hydrogen-bond donors (Lipinski definition) is 1. The maximum Gasteiger partial charge on any atom is 0.240 e. The second-order valence-corrected chi connectivity index (χ2v) is 6.35. The fraction of sp³-hybridized carbons (Fsp3) is 0.429. The van der Waals surface area contributed by atoms with Crippen LogP contribution in [-0.4, -0.2) is 21.3 Å². The van der Waals surface area contributed by atoms with Crippen molar-refractivity contribution in [2.75, 3.05) is 5.88 Å². The molecule has 2 aromatic rings. The quantitative estimate of drug-likeness (QED) is 0.834. The minimum Gasteiger partial charge on any atom is -0.368 e. The van der Waals surface area contributed by atoms with Crippen LogP contribution in [0.4, 0.5) is 0 Å². The Balaban J connectivity index is 2.71. The van der Waals surface area contributed by atoms with Crippen LogP contribution in [0.3, 0.4) is 0 Å². The van der Waals surface area contributed by atoms with Crippen LogP contribution in [-0.2, 0) is 11.2 Å². The Bertz CT molecular complexity index is 639. The van der Waals surface area contributed by atoms with Gasteiger partial charge in [-0.15, -0.1) is 11.6 Å². The largest absolute Gasteiger partial charge is 0.368 e. The van der Waals surface area contributed by atoms with E-state index >= 15 is 0 Å². The minimum atomic E-state index is -0.424. The van der Waals surface area contributed by atoms with Crippen molar-refractivity contribution >= 4 is 44.5 Å². The lowest BCUT2D eigenvalue weighted by Crippen LogP contribution is -2.31. The zero-order valence-electron chi connectivity index (χ0n) is 11.4. The number of rotatable bonds is 5. The van der Waals surface area contributed by atoms with Gasteiger partial charge in [0.1, 0.15) is 11.9 Å². The summed E-state index contributed by atoms with van der Waals surface area (Å²) in [5.41, 5.74) is 7.34. The smallest absolute Gasteiger partial charge is 0.240 e. The average molecular weight is 359 g/mol. The van der Waals surface area contributed by atoms with Gasteiger partial charge in [0.15, 0.2) is 0 Å². The average Bonchev–Trinajstić information content (AvgIpc) is 2.68. The van der Waals surface area contributed by atoms with Crippen molar-refractivity contribution in [1.29, 1.82) is 0 Å². The molecule has 0 saturated carbocycles. The number of carbonyl (C=O) groups is 1. The number of nitrogens with zero attached hydrogens (tertiary/aromatic N) is 2. The predicted molar refractivity (Wildman–Crippen MR) is 84.9 cm³/mol. The Morgan fingerprint density at radius 1 is 1.50 bits per heavy atom. The Morgan fingerprint density at radius 2 is 2.20 bits per heavy atom. The number of aryl methyl sites for hydroxylation is 1. The predicted octanol–water partition coefficient (Wildman–Crippen LogP) is 3.26. The van der Waals surface area contributed by atoms with Gasteiger partial charge in [-0.05, 0) is 24.1 Å². The molecule has 20 heavy (non-hydrogen) atoms. The zero-order chi connectivity index (χ0) is 14.9. The van der Waals surface area contributed by atoms with E-state index in [2.05, 4.69) is 20.9 Å². The third-order valence-corrected chi connectivity index (χ3v) is 3.93. The fourth-order valence-electron chi connectivity index (χ4n) is 2.44. The van der Waals surface area contributed by atoms with E-state index < -0.39 is 6.04 Å². The van der Waals surface area contributed by atoms with E-state index in [-0.39, 0.29) is 11.8 Å². The molecule has 0 aliphatic heterocycles. The highest BCUT2D eigenvalue weighted by molar-refractivity contribution is 9.10. The van der Waals surface area contributed by atoms with Crippen LogP contribution in [0.25, 0.3) is 11.0 Å². The Labute approximate surface area is 131 Å². The van der Waals surface area contributed by atoms with E-state index in [0.29, 0.717) is 12.3 Å². The summed E-state index contributed by atoms with van der Waals surface area (Å²) in [5, 5.41) is 0. The van der Waals surface area contributed by atoms with Crippen LogP contribution >= 0.6 is 27.5 Å². The maximum atomic E-state index is 11.9. The monoisotopic (exact) mass is 357 g/mol. The molecule has 1 atom stereocenters. The maximum absolute atomic E-state index is 11.9. The van der Waals surface area contributed by atoms with E-state index in [1.807, 2.05) is 36.6 Å². The van der Waals surface area contributed by atoms with E-state index in [1.165, 1.54) is 0 Å². The number of carbonyl (C=O) groups excluding carboxylic acids is 1. The molecule has 0 bridgehead atoms. The number of nitrogens with two attached hydrogens (primary N) is 1. The number of amides is 1. The zero-order valence-corrected chi connectivity index (χ0v) is 13.8. The summed E-state index contributed by atoms with van der Waals surface area (Å²) in [5.74, 6) is 0.979. The van der Waals surface area contributed by atoms with Crippen LogP contribution in [0, 0.1) is 5.92 Å². The molecular formula is C14H17BrClN3O. The SMILES string of the molecule is CC(C)C(C(N)=O)n1c(CCCl)nc2ccc(Br)cc21. The lowest BCUT2D eigenvalue weighted by Gasteiger charge is -2.22.